The number of aromatic nitrogens is 1. The zero-order chi connectivity index (χ0) is 25.5. The second-order valence-electron chi connectivity index (χ2n) is 7.61. The zero-order valence-electron chi connectivity index (χ0n) is 19.3. The molecule has 0 bridgehead atoms. The van der Waals surface area contributed by atoms with E-state index in [9.17, 15) is 19.2 Å². The van der Waals surface area contributed by atoms with Crippen LogP contribution in [0, 0.1) is 0 Å². The summed E-state index contributed by atoms with van der Waals surface area (Å²) in [7, 11) is 0. The van der Waals surface area contributed by atoms with Gasteiger partial charge in [-0.3, -0.25) is 29.0 Å². The number of benzene rings is 2. The summed E-state index contributed by atoms with van der Waals surface area (Å²) in [5.41, 5.74) is 2.07. The number of thioether (sulfide) groups is 1. The maximum absolute atomic E-state index is 12.6. The molecule has 0 aliphatic carbocycles. The SMILES string of the molecule is CC(=O)N(c1ccccc1)c1nc(/C=C/C(=O)NCCN2C(=O)S/C(=C/c3ccccc3)C2=O)cs1. The van der Waals surface area contributed by atoms with Gasteiger partial charge >= 0.3 is 0 Å². The van der Waals surface area contributed by atoms with E-state index in [2.05, 4.69) is 10.3 Å². The van der Waals surface area contributed by atoms with Crippen molar-refractivity contribution in [3.05, 3.63) is 88.3 Å². The molecule has 0 atom stereocenters. The minimum absolute atomic E-state index is 0.0713. The van der Waals surface area contributed by atoms with Gasteiger partial charge in [-0.05, 0) is 41.6 Å². The molecule has 1 aromatic heterocycles. The molecule has 2 heterocycles. The van der Waals surface area contributed by atoms with Gasteiger partial charge in [0.05, 0.1) is 16.3 Å². The molecular formula is C26H22N4O4S2. The van der Waals surface area contributed by atoms with Crippen LogP contribution in [0.1, 0.15) is 18.2 Å². The number of rotatable bonds is 8. The number of carbonyl (C=O) groups excluding carboxylic acids is 4. The van der Waals surface area contributed by atoms with Crippen molar-refractivity contribution in [2.24, 2.45) is 0 Å². The molecule has 4 amide bonds. The standard InChI is InChI=1S/C26H22N4O4S2/c1-18(31)30(21-10-6-3-7-11-21)25-28-20(17-35-25)12-13-23(32)27-14-15-29-24(33)22(36-26(29)34)16-19-8-4-2-5-9-19/h2-13,16-17H,14-15H2,1H3,(H,27,32)/b13-12+,22-16+. The van der Waals surface area contributed by atoms with Crippen molar-refractivity contribution >= 4 is 69.0 Å². The van der Waals surface area contributed by atoms with E-state index in [0.717, 1.165) is 22.2 Å². The second kappa shape index (κ2) is 11.6. The van der Waals surface area contributed by atoms with E-state index < -0.39 is 0 Å². The van der Waals surface area contributed by atoms with Crippen molar-refractivity contribution in [3.8, 4) is 0 Å². The topological polar surface area (TPSA) is 99.7 Å². The highest BCUT2D eigenvalue weighted by atomic mass is 32.2. The molecule has 3 aromatic rings. The maximum Gasteiger partial charge on any atom is 0.293 e. The van der Waals surface area contributed by atoms with Gasteiger partial charge in [-0.15, -0.1) is 11.3 Å². The molecule has 4 rings (SSSR count). The summed E-state index contributed by atoms with van der Waals surface area (Å²) in [5, 5.41) is 4.55. The Kier molecular flexibility index (Phi) is 8.09. The Balaban J connectivity index is 1.30. The summed E-state index contributed by atoms with van der Waals surface area (Å²) in [6.45, 7) is 1.66. The Morgan fingerprint density at radius 3 is 2.44 bits per heavy atom. The number of anilines is 2. The lowest BCUT2D eigenvalue weighted by Gasteiger charge is -2.17. The highest BCUT2D eigenvalue weighted by Gasteiger charge is 2.34. The zero-order valence-corrected chi connectivity index (χ0v) is 20.9. The number of para-hydroxylation sites is 1. The van der Waals surface area contributed by atoms with Crippen molar-refractivity contribution in [3.63, 3.8) is 0 Å². The Morgan fingerprint density at radius 2 is 1.75 bits per heavy atom. The number of thiazole rings is 1. The fraction of sp³-hybridized carbons (Fsp3) is 0.115. The van der Waals surface area contributed by atoms with Gasteiger partial charge in [0.25, 0.3) is 11.1 Å². The van der Waals surface area contributed by atoms with Gasteiger partial charge in [0.2, 0.25) is 11.8 Å². The Bertz CT molecular complexity index is 1340. The van der Waals surface area contributed by atoms with Crippen LogP contribution in [0.15, 0.2) is 77.0 Å². The second-order valence-corrected chi connectivity index (χ2v) is 9.44. The molecule has 1 aliphatic rings. The lowest BCUT2D eigenvalue weighted by molar-refractivity contribution is -0.123. The van der Waals surface area contributed by atoms with Gasteiger partial charge in [0, 0.05) is 31.5 Å². The fourth-order valence-corrected chi connectivity index (χ4v) is 5.08. The molecule has 8 nitrogen and oxygen atoms in total. The summed E-state index contributed by atoms with van der Waals surface area (Å²) >= 11 is 2.17. The summed E-state index contributed by atoms with van der Waals surface area (Å²) in [6, 6.07) is 18.5. The van der Waals surface area contributed by atoms with Crippen molar-refractivity contribution in [1.29, 1.82) is 0 Å². The largest absolute Gasteiger partial charge is 0.351 e. The first kappa shape index (κ1) is 25.1. The van der Waals surface area contributed by atoms with Crippen LogP contribution in [0.2, 0.25) is 0 Å². The minimum atomic E-state index is -0.386. The summed E-state index contributed by atoms with van der Waals surface area (Å²) in [4.78, 5) is 56.6. The van der Waals surface area contributed by atoms with E-state index in [4.69, 9.17) is 0 Å². The predicted octanol–water partition coefficient (Wildman–Crippen LogP) is 4.69. The number of carbonyl (C=O) groups is 4. The van der Waals surface area contributed by atoms with Crippen LogP contribution in [-0.4, -0.2) is 45.9 Å². The molecule has 2 aromatic carbocycles. The van der Waals surface area contributed by atoms with E-state index in [1.54, 1.807) is 17.5 Å². The van der Waals surface area contributed by atoms with E-state index >= 15 is 0 Å². The normalized spacial score (nSPS) is 14.6. The molecule has 0 saturated carbocycles. The highest BCUT2D eigenvalue weighted by Crippen LogP contribution is 2.32. The average Bonchev–Trinajstić information content (AvgIpc) is 3.43. The number of nitrogens with zero attached hydrogens (tertiary/aromatic N) is 3. The van der Waals surface area contributed by atoms with Gasteiger partial charge in [-0.1, -0.05) is 48.5 Å². The number of hydrogen-bond acceptors (Lipinski definition) is 7. The first-order valence-electron chi connectivity index (χ1n) is 11.0. The molecule has 0 unspecified atom stereocenters. The van der Waals surface area contributed by atoms with Crippen LogP contribution in [0.3, 0.4) is 0 Å². The third kappa shape index (κ3) is 6.15. The van der Waals surface area contributed by atoms with E-state index in [-0.39, 0.29) is 36.1 Å². The Labute approximate surface area is 216 Å². The lowest BCUT2D eigenvalue weighted by Crippen LogP contribution is -2.36. The molecule has 0 spiro atoms. The van der Waals surface area contributed by atoms with Crippen LogP contribution >= 0.6 is 23.1 Å². The molecule has 1 saturated heterocycles. The van der Waals surface area contributed by atoms with Crippen LogP contribution in [0.25, 0.3) is 12.2 Å². The van der Waals surface area contributed by atoms with Crippen LogP contribution < -0.4 is 10.2 Å². The van der Waals surface area contributed by atoms with E-state index in [1.807, 2.05) is 60.7 Å². The molecule has 182 valence electrons. The van der Waals surface area contributed by atoms with Gasteiger partial charge in [-0.25, -0.2) is 4.98 Å². The van der Waals surface area contributed by atoms with Crippen LogP contribution in [-0.2, 0) is 14.4 Å². The monoisotopic (exact) mass is 518 g/mol. The Hall–Kier alpha value is -4.02. The highest BCUT2D eigenvalue weighted by molar-refractivity contribution is 8.18. The van der Waals surface area contributed by atoms with E-state index in [1.165, 1.54) is 29.2 Å². The Morgan fingerprint density at radius 1 is 1.06 bits per heavy atom. The summed E-state index contributed by atoms with van der Waals surface area (Å²) in [6.07, 6.45) is 4.54. The first-order valence-corrected chi connectivity index (χ1v) is 12.7. The smallest absolute Gasteiger partial charge is 0.293 e. The van der Waals surface area contributed by atoms with Crippen molar-refractivity contribution < 1.29 is 19.2 Å². The lowest BCUT2D eigenvalue weighted by atomic mass is 10.2. The third-order valence-corrected chi connectivity index (χ3v) is 6.79. The summed E-state index contributed by atoms with van der Waals surface area (Å²) < 4.78 is 0. The minimum Gasteiger partial charge on any atom is -0.351 e. The quantitative estimate of drug-likeness (QED) is 0.434. The predicted molar refractivity (Wildman–Crippen MR) is 143 cm³/mol. The molecule has 10 heteroatoms. The van der Waals surface area contributed by atoms with Gasteiger partial charge in [0.15, 0.2) is 5.13 Å². The van der Waals surface area contributed by atoms with Crippen LogP contribution in [0.4, 0.5) is 15.6 Å². The third-order valence-electron chi connectivity index (χ3n) is 5.04. The van der Waals surface area contributed by atoms with Crippen molar-refractivity contribution in [2.75, 3.05) is 18.0 Å². The first-order chi connectivity index (χ1) is 17.4. The summed E-state index contributed by atoms with van der Waals surface area (Å²) in [5.74, 6) is -0.931. The molecule has 36 heavy (non-hydrogen) atoms. The maximum atomic E-state index is 12.6. The average molecular weight is 519 g/mol. The molecule has 1 N–H and O–H groups in total. The molecule has 0 radical (unpaired) electrons. The number of hydrogen-bond donors (Lipinski definition) is 1. The van der Waals surface area contributed by atoms with Gasteiger partial charge in [0.1, 0.15) is 0 Å². The van der Waals surface area contributed by atoms with E-state index in [0.29, 0.717) is 21.4 Å². The fourth-order valence-electron chi connectivity index (χ4n) is 3.36. The van der Waals surface area contributed by atoms with Crippen molar-refractivity contribution in [1.82, 2.24) is 15.2 Å². The molecule has 1 fully saturated rings. The van der Waals surface area contributed by atoms with Gasteiger partial charge < -0.3 is 5.32 Å². The number of nitrogens with one attached hydrogen (secondary N) is 1. The number of amides is 4. The van der Waals surface area contributed by atoms with Crippen LogP contribution in [0.5, 0.6) is 0 Å². The molecule has 1 aliphatic heterocycles. The molecular weight excluding hydrogens is 496 g/mol. The number of imide groups is 1. The van der Waals surface area contributed by atoms with Gasteiger partial charge in [-0.2, -0.15) is 0 Å². The van der Waals surface area contributed by atoms with Crippen molar-refractivity contribution in [2.45, 2.75) is 6.92 Å².